The summed E-state index contributed by atoms with van der Waals surface area (Å²) in [5, 5.41) is 11.5. The first kappa shape index (κ1) is 19.0. The molecule has 0 aliphatic carbocycles. The molecule has 0 aliphatic heterocycles. The zero-order valence-corrected chi connectivity index (χ0v) is 16.0. The van der Waals surface area contributed by atoms with Crippen molar-refractivity contribution < 1.29 is 0 Å². The number of aryl methyl sites for hydroxylation is 2. The third kappa shape index (κ3) is 4.81. The summed E-state index contributed by atoms with van der Waals surface area (Å²) in [7, 11) is 3.82. The van der Waals surface area contributed by atoms with Crippen LogP contribution in [-0.4, -0.2) is 34.3 Å². The highest BCUT2D eigenvalue weighted by Crippen LogP contribution is 2.15. The van der Waals surface area contributed by atoms with Crippen LogP contribution in [0.2, 0.25) is 0 Å². The van der Waals surface area contributed by atoms with Crippen LogP contribution in [0.25, 0.3) is 0 Å². The minimum atomic E-state index is 0.386. The number of guanidine groups is 1. The number of aromatic nitrogens is 3. The van der Waals surface area contributed by atoms with Crippen LogP contribution in [0.5, 0.6) is 0 Å². The minimum absolute atomic E-state index is 0.386. The Morgan fingerprint density at radius 3 is 2.52 bits per heavy atom. The zero-order valence-electron chi connectivity index (χ0n) is 16.0. The van der Waals surface area contributed by atoms with E-state index in [4.69, 9.17) is 0 Å². The Hall–Kier alpha value is -2.37. The van der Waals surface area contributed by atoms with Crippen LogP contribution >= 0.6 is 0 Å². The van der Waals surface area contributed by atoms with Crippen LogP contribution in [0.1, 0.15) is 49.2 Å². The van der Waals surface area contributed by atoms with E-state index in [0.29, 0.717) is 5.92 Å². The molecule has 0 fully saturated rings. The van der Waals surface area contributed by atoms with Gasteiger partial charge in [0.05, 0.1) is 5.69 Å². The van der Waals surface area contributed by atoms with E-state index in [1.54, 1.807) is 7.05 Å². The molecule has 0 bridgehead atoms. The van der Waals surface area contributed by atoms with Gasteiger partial charge < -0.3 is 10.6 Å². The normalized spacial score (nSPS) is 12.9. The topological polar surface area (TPSA) is 67.1 Å². The van der Waals surface area contributed by atoms with E-state index in [9.17, 15) is 0 Å². The second kappa shape index (κ2) is 9.20. The van der Waals surface area contributed by atoms with Gasteiger partial charge in [-0.15, -0.1) is 0 Å². The number of aliphatic imine (C=N–C) groups is 1. The maximum Gasteiger partial charge on any atom is 0.191 e. The van der Waals surface area contributed by atoms with Gasteiger partial charge in [-0.2, -0.15) is 5.10 Å². The van der Waals surface area contributed by atoms with Gasteiger partial charge in [-0.05, 0) is 36.5 Å². The lowest BCUT2D eigenvalue weighted by atomic mass is 10.0. The molecule has 6 nitrogen and oxygen atoms in total. The standard InChI is InChI=1S/C19H30N6/c1-6-17-16(18(7-2)25(5)24-17)13-23-19(20-4)22-12-14(3)15-8-10-21-11-9-15/h8-11,14H,6-7,12-13H2,1-5H3,(H2,20,22,23)/t14-/m0/s1. The van der Waals surface area contributed by atoms with Gasteiger partial charge in [0, 0.05) is 50.8 Å². The Kier molecular flexibility index (Phi) is 6.98. The molecule has 2 N–H and O–H groups in total. The molecule has 1 atom stereocenters. The van der Waals surface area contributed by atoms with Gasteiger partial charge in [-0.3, -0.25) is 14.7 Å². The summed E-state index contributed by atoms with van der Waals surface area (Å²) in [6.07, 6.45) is 5.58. The largest absolute Gasteiger partial charge is 0.356 e. The Morgan fingerprint density at radius 2 is 1.92 bits per heavy atom. The van der Waals surface area contributed by atoms with Gasteiger partial charge in [0.25, 0.3) is 0 Å². The van der Waals surface area contributed by atoms with Gasteiger partial charge in [0.15, 0.2) is 5.96 Å². The Morgan fingerprint density at radius 1 is 1.20 bits per heavy atom. The molecule has 2 rings (SSSR count). The summed E-state index contributed by atoms with van der Waals surface area (Å²) in [5.74, 6) is 1.20. The highest BCUT2D eigenvalue weighted by molar-refractivity contribution is 5.79. The molecule has 25 heavy (non-hydrogen) atoms. The number of pyridine rings is 1. The lowest BCUT2D eigenvalue weighted by Gasteiger charge is -2.16. The van der Waals surface area contributed by atoms with Crippen molar-refractivity contribution in [1.29, 1.82) is 0 Å². The highest BCUT2D eigenvalue weighted by atomic mass is 15.3. The molecule has 6 heteroatoms. The monoisotopic (exact) mass is 342 g/mol. The number of nitrogens with zero attached hydrogens (tertiary/aromatic N) is 4. The summed E-state index contributed by atoms with van der Waals surface area (Å²) in [5.41, 5.74) is 5.00. The lowest BCUT2D eigenvalue weighted by Crippen LogP contribution is -2.38. The van der Waals surface area contributed by atoms with Crippen molar-refractivity contribution in [2.24, 2.45) is 12.0 Å². The number of hydrogen-bond donors (Lipinski definition) is 2. The van der Waals surface area contributed by atoms with Crippen molar-refractivity contribution in [2.75, 3.05) is 13.6 Å². The van der Waals surface area contributed by atoms with Crippen molar-refractivity contribution in [3.63, 3.8) is 0 Å². The van der Waals surface area contributed by atoms with E-state index < -0.39 is 0 Å². The molecule has 2 heterocycles. The molecule has 0 saturated heterocycles. The second-order valence-corrected chi connectivity index (χ2v) is 6.19. The van der Waals surface area contributed by atoms with E-state index in [0.717, 1.165) is 37.6 Å². The Bertz CT molecular complexity index is 689. The molecule has 2 aromatic heterocycles. The predicted molar refractivity (Wildman–Crippen MR) is 103 cm³/mol. The molecule has 0 unspecified atom stereocenters. The number of nitrogens with one attached hydrogen (secondary N) is 2. The summed E-state index contributed by atoms with van der Waals surface area (Å²) < 4.78 is 2.00. The first-order chi connectivity index (χ1) is 12.1. The Labute approximate surface area is 150 Å². The van der Waals surface area contributed by atoms with E-state index >= 15 is 0 Å². The molecule has 0 saturated carbocycles. The van der Waals surface area contributed by atoms with E-state index in [-0.39, 0.29) is 0 Å². The summed E-state index contributed by atoms with van der Waals surface area (Å²) >= 11 is 0. The third-order valence-electron chi connectivity index (χ3n) is 4.53. The average Bonchev–Trinajstić information content (AvgIpc) is 2.96. The number of hydrogen-bond acceptors (Lipinski definition) is 3. The van der Waals surface area contributed by atoms with Crippen molar-refractivity contribution in [3.05, 3.63) is 47.0 Å². The van der Waals surface area contributed by atoms with Crippen molar-refractivity contribution in [1.82, 2.24) is 25.4 Å². The highest BCUT2D eigenvalue weighted by Gasteiger charge is 2.14. The quantitative estimate of drug-likeness (QED) is 0.599. The molecule has 0 radical (unpaired) electrons. The van der Waals surface area contributed by atoms with Crippen LogP contribution in [-0.2, 0) is 26.4 Å². The lowest BCUT2D eigenvalue weighted by molar-refractivity contribution is 0.693. The third-order valence-corrected chi connectivity index (χ3v) is 4.53. The smallest absolute Gasteiger partial charge is 0.191 e. The van der Waals surface area contributed by atoms with Gasteiger partial charge in [-0.1, -0.05) is 20.8 Å². The molecule has 0 aromatic carbocycles. The number of rotatable bonds is 7. The van der Waals surface area contributed by atoms with E-state index in [1.165, 1.54) is 16.8 Å². The molecule has 0 amide bonds. The van der Waals surface area contributed by atoms with Gasteiger partial charge in [-0.25, -0.2) is 0 Å². The summed E-state index contributed by atoms with van der Waals surface area (Å²) in [4.78, 5) is 8.41. The van der Waals surface area contributed by atoms with Gasteiger partial charge in [0.1, 0.15) is 0 Å². The van der Waals surface area contributed by atoms with Gasteiger partial charge in [0.2, 0.25) is 0 Å². The zero-order chi connectivity index (χ0) is 18.2. The molecule has 2 aromatic rings. The summed E-state index contributed by atoms with van der Waals surface area (Å²) in [6, 6.07) is 4.11. The fraction of sp³-hybridized carbons (Fsp3) is 0.526. The second-order valence-electron chi connectivity index (χ2n) is 6.19. The molecule has 0 aliphatic rings. The SMILES string of the molecule is CCc1nn(C)c(CC)c1CNC(=NC)NC[C@H](C)c1ccncc1. The fourth-order valence-corrected chi connectivity index (χ4v) is 3.05. The fourth-order valence-electron chi connectivity index (χ4n) is 3.05. The van der Waals surface area contributed by atoms with E-state index in [2.05, 4.69) is 58.6 Å². The van der Waals surface area contributed by atoms with Crippen LogP contribution in [0, 0.1) is 0 Å². The molecular formula is C19H30N6. The van der Waals surface area contributed by atoms with Crippen molar-refractivity contribution >= 4 is 5.96 Å². The first-order valence-electron chi connectivity index (χ1n) is 8.98. The predicted octanol–water partition coefficient (Wildman–Crippen LogP) is 2.41. The van der Waals surface area contributed by atoms with Crippen molar-refractivity contribution in [3.8, 4) is 0 Å². The first-order valence-corrected chi connectivity index (χ1v) is 8.98. The maximum atomic E-state index is 4.63. The van der Waals surface area contributed by atoms with Crippen LogP contribution in [0.3, 0.4) is 0 Å². The van der Waals surface area contributed by atoms with Gasteiger partial charge >= 0.3 is 0 Å². The molecule has 0 spiro atoms. The van der Waals surface area contributed by atoms with Crippen molar-refractivity contribution in [2.45, 2.75) is 46.1 Å². The maximum absolute atomic E-state index is 4.63. The minimum Gasteiger partial charge on any atom is -0.356 e. The van der Waals surface area contributed by atoms with Crippen LogP contribution in [0.15, 0.2) is 29.5 Å². The van der Waals surface area contributed by atoms with E-state index in [1.807, 2.05) is 24.1 Å². The summed E-state index contributed by atoms with van der Waals surface area (Å²) in [6.45, 7) is 8.07. The molecular weight excluding hydrogens is 312 g/mol. The van der Waals surface area contributed by atoms with Crippen LogP contribution < -0.4 is 10.6 Å². The molecule has 136 valence electrons. The average molecular weight is 342 g/mol. The Balaban J connectivity index is 1.95. The van der Waals surface area contributed by atoms with Crippen LogP contribution in [0.4, 0.5) is 0 Å².